The van der Waals surface area contributed by atoms with Crippen LogP contribution in [0.1, 0.15) is 24.4 Å². The molecular weight excluding hydrogens is 262 g/mol. The fourth-order valence-electron chi connectivity index (χ4n) is 2.87. The van der Waals surface area contributed by atoms with Crippen molar-refractivity contribution < 1.29 is 0 Å². The molecule has 2 heterocycles. The fourth-order valence-corrected chi connectivity index (χ4v) is 2.87. The average molecular weight is 283 g/mol. The molecule has 0 bridgehead atoms. The summed E-state index contributed by atoms with van der Waals surface area (Å²) < 4.78 is 1.71. The molecule has 1 aliphatic rings. The number of likely N-dealkylation sites (tertiary alicyclic amines) is 1. The lowest BCUT2D eigenvalue weighted by molar-refractivity contribution is 0.208. The summed E-state index contributed by atoms with van der Waals surface area (Å²) in [5.41, 5.74) is 2.75. The molecule has 21 heavy (non-hydrogen) atoms. The summed E-state index contributed by atoms with van der Waals surface area (Å²) in [6.45, 7) is 3.92. The highest BCUT2D eigenvalue weighted by Gasteiger charge is 2.21. The highest BCUT2D eigenvalue weighted by molar-refractivity contribution is 5.58. The first-order valence-electron chi connectivity index (χ1n) is 7.49. The van der Waals surface area contributed by atoms with Gasteiger partial charge in [0.2, 0.25) is 0 Å². The summed E-state index contributed by atoms with van der Waals surface area (Å²) in [6, 6.07) is 12.2. The number of hydrogen-bond donors (Lipinski definition) is 0. The van der Waals surface area contributed by atoms with Crippen LogP contribution in [0.15, 0.2) is 41.2 Å². The van der Waals surface area contributed by atoms with Crippen molar-refractivity contribution >= 4 is 0 Å². The highest BCUT2D eigenvalue weighted by Crippen LogP contribution is 2.22. The van der Waals surface area contributed by atoms with Crippen LogP contribution in [0.2, 0.25) is 0 Å². The topological polar surface area (TPSA) is 38.1 Å². The Morgan fingerprint density at radius 1 is 1.14 bits per heavy atom. The number of hydrogen-bond acceptors (Lipinski definition) is 3. The van der Waals surface area contributed by atoms with Crippen LogP contribution < -0.4 is 5.56 Å². The molecule has 1 aromatic heterocycles. The SMILES string of the molecule is Cc1cc(-c2ccccc2)nn(C2CCN(C)CC2)c1=O. The zero-order chi connectivity index (χ0) is 14.8. The molecule has 0 aliphatic carbocycles. The lowest BCUT2D eigenvalue weighted by Gasteiger charge is -2.29. The van der Waals surface area contributed by atoms with Gasteiger partial charge < -0.3 is 4.90 Å². The van der Waals surface area contributed by atoms with E-state index in [1.54, 1.807) is 4.68 Å². The van der Waals surface area contributed by atoms with E-state index >= 15 is 0 Å². The molecule has 2 aromatic rings. The lowest BCUT2D eigenvalue weighted by Crippen LogP contribution is -2.37. The standard InChI is InChI=1S/C17H21N3O/c1-13-12-16(14-6-4-3-5-7-14)18-20(17(13)21)15-8-10-19(2)11-9-15/h3-7,12,15H,8-11H2,1-2H3. The van der Waals surface area contributed by atoms with Crippen molar-refractivity contribution in [3.63, 3.8) is 0 Å². The molecule has 0 unspecified atom stereocenters. The molecule has 0 saturated carbocycles. The summed E-state index contributed by atoms with van der Waals surface area (Å²) >= 11 is 0. The van der Waals surface area contributed by atoms with Crippen molar-refractivity contribution in [1.29, 1.82) is 0 Å². The van der Waals surface area contributed by atoms with E-state index in [-0.39, 0.29) is 11.6 Å². The molecule has 0 N–H and O–H groups in total. The molecule has 1 aliphatic heterocycles. The van der Waals surface area contributed by atoms with Gasteiger partial charge in [0.25, 0.3) is 5.56 Å². The average Bonchev–Trinajstić information content (AvgIpc) is 2.52. The Morgan fingerprint density at radius 2 is 1.81 bits per heavy atom. The van der Waals surface area contributed by atoms with Crippen LogP contribution >= 0.6 is 0 Å². The van der Waals surface area contributed by atoms with Crippen molar-refractivity contribution in [1.82, 2.24) is 14.7 Å². The Bertz CT molecular complexity index is 670. The summed E-state index contributed by atoms with van der Waals surface area (Å²) in [5.74, 6) is 0. The van der Waals surface area contributed by atoms with Gasteiger partial charge in [-0.25, -0.2) is 4.68 Å². The first-order chi connectivity index (χ1) is 10.1. The van der Waals surface area contributed by atoms with Crippen molar-refractivity contribution in [3.05, 3.63) is 52.3 Å². The maximum atomic E-state index is 12.4. The van der Waals surface area contributed by atoms with E-state index in [2.05, 4.69) is 17.0 Å². The summed E-state index contributed by atoms with van der Waals surface area (Å²) in [7, 11) is 2.12. The second-order valence-corrected chi connectivity index (χ2v) is 5.86. The normalized spacial score (nSPS) is 17.0. The van der Waals surface area contributed by atoms with Gasteiger partial charge in [0.05, 0.1) is 11.7 Å². The van der Waals surface area contributed by atoms with E-state index in [0.29, 0.717) is 0 Å². The van der Waals surface area contributed by atoms with Crippen LogP contribution in [0.3, 0.4) is 0 Å². The molecule has 0 radical (unpaired) electrons. The van der Waals surface area contributed by atoms with Crippen molar-refractivity contribution in [2.75, 3.05) is 20.1 Å². The highest BCUT2D eigenvalue weighted by atomic mass is 16.1. The minimum absolute atomic E-state index is 0.0456. The number of rotatable bonds is 2. The van der Waals surface area contributed by atoms with E-state index in [0.717, 1.165) is 42.8 Å². The van der Waals surface area contributed by atoms with Gasteiger partial charge in [0.1, 0.15) is 0 Å². The largest absolute Gasteiger partial charge is 0.306 e. The van der Waals surface area contributed by atoms with E-state index in [1.165, 1.54) is 0 Å². The molecule has 0 spiro atoms. The second kappa shape index (κ2) is 5.82. The summed E-state index contributed by atoms with van der Waals surface area (Å²) in [4.78, 5) is 14.7. The second-order valence-electron chi connectivity index (χ2n) is 5.86. The van der Waals surface area contributed by atoms with E-state index in [4.69, 9.17) is 0 Å². The molecule has 1 aromatic carbocycles. The maximum Gasteiger partial charge on any atom is 0.269 e. The quantitative estimate of drug-likeness (QED) is 0.850. The molecule has 4 heteroatoms. The Kier molecular flexibility index (Phi) is 3.88. The van der Waals surface area contributed by atoms with Gasteiger partial charge >= 0.3 is 0 Å². The fraction of sp³-hybridized carbons (Fsp3) is 0.412. The molecule has 4 nitrogen and oxygen atoms in total. The van der Waals surface area contributed by atoms with Crippen LogP contribution in [0.4, 0.5) is 0 Å². The number of nitrogens with zero attached hydrogens (tertiary/aromatic N) is 3. The maximum absolute atomic E-state index is 12.4. The van der Waals surface area contributed by atoms with Gasteiger partial charge in [0, 0.05) is 11.1 Å². The number of aryl methyl sites for hydroxylation is 1. The van der Waals surface area contributed by atoms with E-state index < -0.39 is 0 Å². The summed E-state index contributed by atoms with van der Waals surface area (Å²) in [5, 5.41) is 4.64. The molecule has 0 amide bonds. The van der Waals surface area contributed by atoms with Crippen LogP contribution in [0.25, 0.3) is 11.3 Å². The van der Waals surface area contributed by atoms with Crippen LogP contribution in [0.5, 0.6) is 0 Å². The van der Waals surface area contributed by atoms with Crippen LogP contribution in [-0.2, 0) is 0 Å². The van der Waals surface area contributed by atoms with Crippen molar-refractivity contribution in [2.45, 2.75) is 25.8 Å². The molecule has 1 fully saturated rings. The predicted octanol–water partition coefficient (Wildman–Crippen LogP) is 2.49. The first kappa shape index (κ1) is 14.0. The lowest BCUT2D eigenvalue weighted by atomic mass is 10.1. The zero-order valence-corrected chi connectivity index (χ0v) is 12.6. The van der Waals surface area contributed by atoms with Gasteiger partial charge in [-0.3, -0.25) is 4.79 Å². The zero-order valence-electron chi connectivity index (χ0n) is 12.6. The predicted molar refractivity (Wildman–Crippen MR) is 84.4 cm³/mol. The van der Waals surface area contributed by atoms with Crippen LogP contribution in [0, 0.1) is 6.92 Å². The molecule has 3 rings (SSSR count). The Morgan fingerprint density at radius 3 is 2.48 bits per heavy atom. The number of aromatic nitrogens is 2. The summed E-state index contributed by atoms with van der Waals surface area (Å²) in [6.07, 6.45) is 1.97. The Balaban J connectivity index is 2.01. The van der Waals surface area contributed by atoms with E-state index in [9.17, 15) is 4.79 Å². The van der Waals surface area contributed by atoms with Crippen molar-refractivity contribution in [3.8, 4) is 11.3 Å². The van der Waals surface area contributed by atoms with E-state index in [1.807, 2.05) is 43.3 Å². The van der Waals surface area contributed by atoms with Crippen LogP contribution in [-0.4, -0.2) is 34.8 Å². The number of piperidine rings is 1. The molecular formula is C17H21N3O. The smallest absolute Gasteiger partial charge is 0.269 e. The first-order valence-corrected chi connectivity index (χ1v) is 7.49. The monoisotopic (exact) mass is 283 g/mol. The third-order valence-corrected chi connectivity index (χ3v) is 4.22. The molecule has 110 valence electrons. The van der Waals surface area contributed by atoms with Gasteiger partial charge in [-0.05, 0) is 46.0 Å². The van der Waals surface area contributed by atoms with Gasteiger partial charge in [-0.1, -0.05) is 30.3 Å². The number of benzene rings is 1. The molecule has 0 atom stereocenters. The third kappa shape index (κ3) is 2.90. The van der Waals surface area contributed by atoms with Gasteiger partial charge in [-0.15, -0.1) is 0 Å². The Hall–Kier alpha value is -1.94. The minimum atomic E-state index is 0.0456. The van der Waals surface area contributed by atoms with Gasteiger partial charge in [0.15, 0.2) is 0 Å². The minimum Gasteiger partial charge on any atom is -0.306 e. The van der Waals surface area contributed by atoms with Gasteiger partial charge in [-0.2, -0.15) is 5.10 Å². The van der Waals surface area contributed by atoms with Crippen molar-refractivity contribution in [2.24, 2.45) is 0 Å². The Labute approximate surface area is 125 Å². The molecule has 1 saturated heterocycles. The third-order valence-electron chi connectivity index (χ3n) is 4.22.